The molecule has 0 aliphatic carbocycles. The Morgan fingerprint density at radius 1 is 1.53 bits per heavy atom. The van der Waals surface area contributed by atoms with E-state index >= 15 is 0 Å². The standard InChI is InChI=1S/C11H10ClN3O2/c1-6-5-17-11(14-6)15-10(16)8-3-2-7(13)4-9(8)12/h2-5H,13H2,1H3,(H,14,15,16). The number of nitrogen functional groups attached to an aromatic ring is 1. The van der Waals surface area contributed by atoms with E-state index in [9.17, 15) is 4.79 Å². The number of amides is 1. The van der Waals surface area contributed by atoms with Crippen molar-refractivity contribution in [2.45, 2.75) is 6.92 Å². The molecule has 6 heteroatoms. The number of aryl methyl sites for hydroxylation is 1. The average molecular weight is 252 g/mol. The highest BCUT2D eigenvalue weighted by Crippen LogP contribution is 2.20. The second-order valence-electron chi connectivity index (χ2n) is 3.49. The number of oxazole rings is 1. The summed E-state index contributed by atoms with van der Waals surface area (Å²) < 4.78 is 5.01. The average Bonchev–Trinajstić information content (AvgIpc) is 2.63. The Labute approximate surface area is 103 Å². The van der Waals surface area contributed by atoms with Gasteiger partial charge >= 0.3 is 6.01 Å². The minimum absolute atomic E-state index is 0.139. The zero-order chi connectivity index (χ0) is 12.4. The Bertz CT molecular complexity index is 566. The number of carbonyl (C=O) groups excluding carboxylic acids is 1. The summed E-state index contributed by atoms with van der Waals surface area (Å²) in [6.45, 7) is 1.76. The number of rotatable bonds is 2. The Morgan fingerprint density at radius 2 is 2.29 bits per heavy atom. The third kappa shape index (κ3) is 2.57. The molecule has 0 aliphatic rings. The van der Waals surface area contributed by atoms with Gasteiger partial charge in [-0.05, 0) is 25.1 Å². The van der Waals surface area contributed by atoms with E-state index in [1.165, 1.54) is 12.3 Å². The van der Waals surface area contributed by atoms with Crippen LogP contribution in [0.5, 0.6) is 0 Å². The summed E-state index contributed by atoms with van der Waals surface area (Å²) in [6, 6.07) is 4.79. The molecule has 2 aromatic rings. The van der Waals surface area contributed by atoms with Gasteiger partial charge in [0.25, 0.3) is 5.91 Å². The van der Waals surface area contributed by atoms with E-state index < -0.39 is 5.91 Å². The molecule has 88 valence electrons. The number of nitrogens with two attached hydrogens (primary N) is 1. The fraction of sp³-hybridized carbons (Fsp3) is 0.0909. The molecule has 0 saturated carbocycles. The van der Waals surface area contributed by atoms with Crippen LogP contribution < -0.4 is 11.1 Å². The number of nitrogens with zero attached hydrogens (tertiary/aromatic N) is 1. The fourth-order valence-corrected chi connectivity index (χ4v) is 1.57. The Balaban J connectivity index is 2.20. The molecule has 0 fully saturated rings. The molecular formula is C11H10ClN3O2. The Morgan fingerprint density at radius 3 is 2.88 bits per heavy atom. The van der Waals surface area contributed by atoms with Crippen LogP contribution in [0, 0.1) is 6.92 Å². The van der Waals surface area contributed by atoms with Crippen LogP contribution in [0.25, 0.3) is 0 Å². The molecule has 0 aliphatic heterocycles. The number of carbonyl (C=O) groups is 1. The molecule has 0 atom stereocenters. The first-order chi connectivity index (χ1) is 8.06. The fourth-order valence-electron chi connectivity index (χ4n) is 1.29. The second kappa shape index (κ2) is 4.47. The largest absolute Gasteiger partial charge is 0.432 e. The maximum atomic E-state index is 11.8. The van der Waals surface area contributed by atoms with Crippen molar-refractivity contribution in [1.82, 2.24) is 4.98 Å². The van der Waals surface area contributed by atoms with E-state index in [1.807, 2.05) is 0 Å². The van der Waals surface area contributed by atoms with E-state index in [2.05, 4.69) is 10.3 Å². The number of benzene rings is 1. The van der Waals surface area contributed by atoms with E-state index in [4.69, 9.17) is 21.8 Å². The van der Waals surface area contributed by atoms with Gasteiger partial charge in [0.1, 0.15) is 6.26 Å². The van der Waals surface area contributed by atoms with Gasteiger partial charge in [0.2, 0.25) is 0 Å². The summed E-state index contributed by atoms with van der Waals surface area (Å²) in [5.74, 6) is -0.392. The molecule has 3 N–H and O–H groups in total. The molecule has 0 radical (unpaired) electrons. The highest BCUT2D eigenvalue weighted by atomic mass is 35.5. The van der Waals surface area contributed by atoms with Crippen molar-refractivity contribution in [3.8, 4) is 0 Å². The lowest BCUT2D eigenvalue weighted by Crippen LogP contribution is -2.12. The van der Waals surface area contributed by atoms with Gasteiger partial charge in [-0.3, -0.25) is 10.1 Å². The maximum absolute atomic E-state index is 11.8. The van der Waals surface area contributed by atoms with Crippen molar-refractivity contribution in [2.24, 2.45) is 0 Å². The predicted octanol–water partition coefficient (Wildman–Crippen LogP) is 2.47. The Kier molecular flexibility index (Phi) is 3.01. The van der Waals surface area contributed by atoms with Gasteiger partial charge in [-0.2, -0.15) is 4.98 Å². The van der Waals surface area contributed by atoms with Gasteiger partial charge in [-0.25, -0.2) is 0 Å². The lowest BCUT2D eigenvalue weighted by atomic mass is 10.2. The predicted molar refractivity (Wildman–Crippen MR) is 65.1 cm³/mol. The SMILES string of the molecule is Cc1coc(NC(=O)c2ccc(N)cc2Cl)n1. The molecule has 0 unspecified atom stereocenters. The molecule has 1 aromatic heterocycles. The van der Waals surface area contributed by atoms with E-state index in [1.54, 1.807) is 19.1 Å². The van der Waals surface area contributed by atoms with Gasteiger partial charge in [-0.1, -0.05) is 11.6 Å². The van der Waals surface area contributed by atoms with Crippen LogP contribution in [0.3, 0.4) is 0 Å². The Hall–Kier alpha value is -2.01. The van der Waals surface area contributed by atoms with Crippen LogP contribution >= 0.6 is 11.6 Å². The van der Waals surface area contributed by atoms with Crippen LogP contribution in [-0.4, -0.2) is 10.9 Å². The maximum Gasteiger partial charge on any atom is 0.301 e. The molecule has 0 saturated heterocycles. The molecule has 0 bridgehead atoms. The van der Waals surface area contributed by atoms with Crippen LogP contribution in [0.15, 0.2) is 28.9 Å². The normalized spacial score (nSPS) is 10.2. The summed E-state index contributed by atoms with van der Waals surface area (Å²) in [4.78, 5) is 15.8. The summed E-state index contributed by atoms with van der Waals surface area (Å²) in [6.07, 6.45) is 1.44. The molecule has 17 heavy (non-hydrogen) atoms. The molecule has 1 amide bonds. The molecule has 0 spiro atoms. The first-order valence-electron chi connectivity index (χ1n) is 4.85. The summed E-state index contributed by atoms with van der Waals surface area (Å²) in [7, 11) is 0. The van der Waals surface area contributed by atoms with Crippen molar-refractivity contribution in [3.63, 3.8) is 0 Å². The molecule has 2 rings (SSSR count). The quantitative estimate of drug-likeness (QED) is 0.804. The second-order valence-corrected chi connectivity index (χ2v) is 3.89. The number of halogens is 1. The van der Waals surface area contributed by atoms with Crippen molar-refractivity contribution in [3.05, 3.63) is 40.7 Å². The van der Waals surface area contributed by atoms with Gasteiger partial charge in [-0.15, -0.1) is 0 Å². The van der Waals surface area contributed by atoms with Crippen LogP contribution in [0.2, 0.25) is 5.02 Å². The van der Waals surface area contributed by atoms with Gasteiger partial charge in [0, 0.05) is 5.69 Å². The minimum Gasteiger partial charge on any atom is -0.432 e. The zero-order valence-corrected chi connectivity index (χ0v) is 9.78. The van der Waals surface area contributed by atoms with Crippen LogP contribution in [0.1, 0.15) is 16.1 Å². The monoisotopic (exact) mass is 251 g/mol. The summed E-state index contributed by atoms with van der Waals surface area (Å²) in [5, 5.41) is 2.78. The first kappa shape index (κ1) is 11.5. The number of hydrogen-bond acceptors (Lipinski definition) is 4. The molecule has 5 nitrogen and oxygen atoms in total. The molecule has 1 aromatic carbocycles. The summed E-state index contributed by atoms with van der Waals surface area (Å²) >= 11 is 5.90. The van der Waals surface area contributed by atoms with Gasteiger partial charge < -0.3 is 10.2 Å². The molecular weight excluding hydrogens is 242 g/mol. The third-order valence-electron chi connectivity index (χ3n) is 2.08. The van der Waals surface area contributed by atoms with Crippen LogP contribution in [-0.2, 0) is 0 Å². The van der Waals surface area contributed by atoms with E-state index in [0.29, 0.717) is 16.9 Å². The highest BCUT2D eigenvalue weighted by Gasteiger charge is 2.12. The van der Waals surface area contributed by atoms with Crippen molar-refractivity contribution >= 4 is 29.2 Å². The van der Waals surface area contributed by atoms with Crippen LogP contribution in [0.4, 0.5) is 11.7 Å². The summed E-state index contributed by atoms with van der Waals surface area (Å²) in [5.41, 5.74) is 7.04. The zero-order valence-electron chi connectivity index (χ0n) is 9.03. The first-order valence-corrected chi connectivity index (χ1v) is 5.22. The van der Waals surface area contributed by atoms with Crippen molar-refractivity contribution < 1.29 is 9.21 Å². The van der Waals surface area contributed by atoms with E-state index in [0.717, 1.165) is 0 Å². The number of aromatic nitrogens is 1. The number of anilines is 2. The smallest absolute Gasteiger partial charge is 0.301 e. The van der Waals surface area contributed by atoms with E-state index in [-0.39, 0.29) is 11.0 Å². The van der Waals surface area contributed by atoms with Crippen molar-refractivity contribution in [2.75, 3.05) is 11.1 Å². The lowest BCUT2D eigenvalue weighted by Gasteiger charge is -2.04. The number of hydrogen-bond donors (Lipinski definition) is 2. The number of nitrogens with one attached hydrogen (secondary N) is 1. The highest BCUT2D eigenvalue weighted by molar-refractivity contribution is 6.34. The van der Waals surface area contributed by atoms with Crippen molar-refractivity contribution in [1.29, 1.82) is 0 Å². The lowest BCUT2D eigenvalue weighted by molar-refractivity contribution is 0.102. The van der Waals surface area contributed by atoms with Gasteiger partial charge in [0.05, 0.1) is 16.3 Å². The molecule has 1 heterocycles. The third-order valence-corrected chi connectivity index (χ3v) is 2.39. The van der Waals surface area contributed by atoms with Gasteiger partial charge in [0.15, 0.2) is 0 Å². The topological polar surface area (TPSA) is 81.2 Å². The minimum atomic E-state index is -0.392.